The smallest absolute Gasteiger partial charge is 0.310 e. The average Bonchev–Trinajstić information content (AvgIpc) is 2.47. The van der Waals surface area contributed by atoms with Crippen molar-refractivity contribution in [2.24, 2.45) is 0 Å². The maximum Gasteiger partial charge on any atom is 0.310 e. The van der Waals surface area contributed by atoms with Crippen molar-refractivity contribution in [2.75, 3.05) is 0 Å². The van der Waals surface area contributed by atoms with E-state index in [4.69, 9.17) is 5.11 Å². The third-order valence-corrected chi connectivity index (χ3v) is 3.29. The monoisotopic (exact) mass is 254 g/mol. The lowest BCUT2D eigenvalue weighted by molar-refractivity contribution is -0.138. The Hall–Kier alpha value is -0.830. The molecule has 1 aliphatic rings. The van der Waals surface area contributed by atoms with Crippen LogP contribution in [0.15, 0.2) is 16.6 Å². The van der Waals surface area contributed by atoms with Crippen LogP contribution >= 0.6 is 15.9 Å². The molecule has 0 aliphatic heterocycles. The number of hydrogen-bond acceptors (Lipinski definition) is 1. The van der Waals surface area contributed by atoms with Crippen LogP contribution in [0.2, 0.25) is 0 Å². The number of rotatable bonds is 1. The number of carboxylic acids is 1. The number of fused-ring (bicyclic) bond motifs is 1. The van der Waals surface area contributed by atoms with Crippen molar-refractivity contribution in [3.05, 3.63) is 33.3 Å². The number of benzene rings is 1. The van der Waals surface area contributed by atoms with Gasteiger partial charge in [-0.1, -0.05) is 15.9 Å². The molecule has 1 aromatic rings. The molecule has 1 N–H and O–H groups in total. The number of aliphatic carboxylic acids is 1. The van der Waals surface area contributed by atoms with E-state index in [0.29, 0.717) is 0 Å². The van der Waals surface area contributed by atoms with Gasteiger partial charge < -0.3 is 5.11 Å². The molecule has 1 aliphatic carbocycles. The van der Waals surface area contributed by atoms with E-state index in [1.54, 1.807) is 0 Å². The fourth-order valence-corrected chi connectivity index (χ4v) is 2.74. The molecule has 0 spiro atoms. The van der Waals surface area contributed by atoms with E-state index >= 15 is 0 Å². The second kappa shape index (κ2) is 3.39. The summed E-state index contributed by atoms with van der Waals surface area (Å²) in [4.78, 5) is 11.0. The maximum absolute atomic E-state index is 11.0. The summed E-state index contributed by atoms with van der Waals surface area (Å²) in [5.41, 5.74) is 3.41. The second-order valence-corrected chi connectivity index (χ2v) is 4.64. The molecule has 3 heteroatoms. The van der Waals surface area contributed by atoms with Crippen LogP contribution in [0.3, 0.4) is 0 Å². The second-order valence-electron chi connectivity index (χ2n) is 3.72. The zero-order valence-electron chi connectivity index (χ0n) is 7.88. The van der Waals surface area contributed by atoms with Gasteiger partial charge in [-0.15, -0.1) is 0 Å². The fraction of sp³-hybridized carbons (Fsp3) is 0.364. The minimum absolute atomic E-state index is 0.304. The van der Waals surface area contributed by atoms with Crippen molar-refractivity contribution in [2.45, 2.75) is 25.7 Å². The van der Waals surface area contributed by atoms with Gasteiger partial charge in [0.15, 0.2) is 0 Å². The Morgan fingerprint density at radius 1 is 1.57 bits per heavy atom. The summed E-state index contributed by atoms with van der Waals surface area (Å²) in [5.74, 6) is -1.01. The molecular formula is C11H11BrO2. The number of carbonyl (C=O) groups is 1. The molecule has 2 nitrogen and oxygen atoms in total. The SMILES string of the molecule is Cc1cc(Br)cc2c1CCC2C(=O)O. The molecule has 0 bridgehead atoms. The van der Waals surface area contributed by atoms with E-state index in [0.717, 1.165) is 22.9 Å². The van der Waals surface area contributed by atoms with Gasteiger partial charge in [0, 0.05) is 4.47 Å². The molecular weight excluding hydrogens is 244 g/mol. The normalized spacial score (nSPS) is 19.4. The van der Waals surface area contributed by atoms with Gasteiger partial charge in [0.05, 0.1) is 5.92 Å². The predicted molar refractivity (Wildman–Crippen MR) is 57.6 cm³/mol. The predicted octanol–water partition coefficient (Wildman–Crippen LogP) is 2.87. The summed E-state index contributed by atoms with van der Waals surface area (Å²) < 4.78 is 0.974. The third kappa shape index (κ3) is 1.46. The summed E-state index contributed by atoms with van der Waals surface area (Å²) in [6.07, 6.45) is 1.63. The van der Waals surface area contributed by atoms with Gasteiger partial charge in [0.25, 0.3) is 0 Å². The van der Waals surface area contributed by atoms with Crippen molar-refractivity contribution in [1.82, 2.24) is 0 Å². The summed E-state index contributed by atoms with van der Waals surface area (Å²) in [7, 11) is 0. The molecule has 0 fully saturated rings. The molecule has 0 amide bonds. The Balaban J connectivity index is 2.54. The van der Waals surface area contributed by atoms with Crippen LogP contribution in [-0.4, -0.2) is 11.1 Å². The topological polar surface area (TPSA) is 37.3 Å². The Labute approximate surface area is 91.1 Å². The maximum atomic E-state index is 11.0. The third-order valence-electron chi connectivity index (χ3n) is 2.83. The van der Waals surface area contributed by atoms with Crippen LogP contribution in [0, 0.1) is 6.92 Å². The minimum Gasteiger partial charge on any atom is -0.481 e. The molecule has 74 valence electrons. The van der Waals surface area contributed by atoms with Crippen LogP contribution in [-0.2, 0) is 11.2 Å². The van der Waals surface area contributed by atoms with E-state index in [2.05, 4.69) is 15.9 Å². The van der Waals surface area contributed by atoms with Gasteiger partial charge >= 0.3 is 5.97 Å². The van der Waals surface area contributed by atoms with E-state index in [1.165, 1.54) is 11.1 Å². The summed E-state index contributed by atoms with van der Waals surface area (Å²) in [6.45, 7) is 2.04. The van der Waals surface area contributed by atoms with Gasteiger partial charge in [-0.25, -0.2) is 0 Å². The Morgan fingerprint density at radius 3 is 2.93 bits per heavy atom. The van der Waals surface area contributed by atoms with Crippen molar-refractivity contribution in [1.29, 1.82) is 0 Å². The van der Waals surface area contributed by atoms with E-state index in [-0.39, 0.29) is 5.92 Å². The first-order valence-electron chi connectivity index (χ1n) is 4.61. The molecule has 1 aromatic carbocycles. The van der Waals surface area contributed by atoms with E-state index in [9.17, 15) is 4.79 Å². The highest BCUT2D eigenvalue weighted by Crippen LogP contribution is 2.37. The molecule has 1 unspecified atom stereocenters. The van der Waals surface area contributed by atoms with Crippen molar-refractivity contribution in [3.8, 4) is 0 Å². The van der Waals surface area contributed by atoms with Crippen molar-refractivity contribution in [3.63, 3.8) is 0 Å². The molecule has 0 heterocycles. The van der Waals surface area contributed by atoms with Gasteiger partial charge in [-0.2, -0.15) is 0 Å². The zero-order chi connectivity index (χ0) is 10.3. The number of halogens is 1. The van der Waals surface area contributed by atoms with Gasteiger partial charge in [0.2, 0.25) is 0 Å². The first-order valence-corrected chi connectivity index (χ1v) is 5.40. The van der Waals surface area contributed by atoms with Crippen molar-refractivity contribution < 1.29 is 9.90 Å². The lowest BCUT2D eigenvalue weighted by Crippen LogP contribution is -2.07. The van der Waals surface area contributed by atoms with Crippen LogP contribution in [0.4, 0.5) is 0 Å². The first-order chi connectivity index (χ1) is 6.59. The molecule has 2 rings (SSSR count). The largest absolute Gasteiger partial charge is 0.481 e. The van der Waals surface area contributed by atoms with Crippen LogP contribution in [0.25, 0.3) is 0 Å². The highest BCUT2D eigenvalue weighted by molar-refractivity contribution is 9.10. The van der Waals surface area contributed by atoms with Crippen LogP contribution < -0.4 is 0 Å². The fourth-order valence-electron chi connectivity index (χ4n) is 2.15. The molecule has 0 radical (unpaired) electrons. The van der Waals surface area contributed by atoms with Gasteiger partial charge in [-0.3, -0.25) is 4.79 Å². The molecule has 14 heavy (non-hydrogen) atoms. The number of aryl methyl sites for hydroxylation is 1. The summed E-state index contributed by atoms with van der Waals surface area (Å²) >= 11 is 3.40. The van der Waals surface area contributed by atoms with E-state index < -0.39 is 5.97 Å². The lowest BCUT2D eigenvalue weighted by Gasteiger charge is -2.08. The number of carboxylic acid groups (broad SMARTS) is 1. The first kappa shape index (κ1) is 9.71. The number of hydrogen-bond donors (Lipinski definition) is 1. The Bertz CT molecular complexity index is 399. The van der Waals surface area contributed by atoms with Crippen LogP contribution in [0.5, 0.6) is 0 Å². The Morgan fingerprint density at radius 2 is 2.29 bits per heavy atom. The average molecular weight is 255 g/mol. The minimum atomic E-state index is -0.707. The molecule has 0 saturated heterocycles. The van der Waals surface area contributed by atoms with Gasteiger partial charge in [-0.05, 0) is 48.6 Å². The van der Waals surface area contributed by atoms with Crippen molar-refractivity contribution >= 4 is 21.9 Å². The van der Waals surface area contributed by atoms with Crippen LogP contribution in [0.1, 0.15) is 29.0 Å². The lowest BCUT2D eigenvalue weighted by atomic mass is 9.99. The summed E-state index contributed by atoms with van der Waals surface area (Å²) in [5, 5.41) is 9.03. The van der Waals surface area contributed by atoms with Gasteiger partial charge in [0.1, 0.15) is 0 Å². The molecule has 0 saturated carbocycles. The Kier molecular flexibility index (Phi) is 2.35. The quantitative estimate of drug-likeness (QED) is 0.837. The standard InChI is InChI=1S/C11H11BrO2/c1-6-4-7(12)5-10-8(6)2-3-9(10)11(13)14/h4-5,9H,2-3H2,1H3,(H,13,14). The zero-order valence-corrected chi connectivity index (χ0v) is 9.47. The highest BCUT2D eigenvalue weighted by Gasteiger charge is 2.29. The van der Waals surface area contributed by atoms with E-state index in [1.807, 2.05) is 19.1 Å². The molecule has 1 atom stereocenters. The summed E-state index contributed by atoms with van der Waals surface area (Å²) in [6, 6.07) is 3.98. The highest BCUT2D eigenvalue weighted by atomic mass is 79.9. The molecule has 0 aromatic heterocycles.